The fourth-order valence-electron chi connectivity index (χ4n) is 0.973. The molecule has 0 aliphatic carbocycles. The van der Waals surface area contributed by atoms with Gasteiger partial charge in [0.05, 0.1) is 6.61 Å². The Labute approximate surface area is 83.2 Å². The van der Waals surface area contributed by atoms with Crippen LogP contribution < -0.4 is 4.74 Å². The summed E-state index contributed by atoms with van der Waals surface area (Å²) in [7, 11) is 1.67. The zero-order chi connectivity index (χ0) is 9.52. The zero-order valence-electron chi connectivity index (χ0n) is 7.95. The molecule has 0 spiro atoms. The van der Waals surface area contributed by atoms with E-state index in [0.717, 1.165) is 5.75 Å². The highest BCUT2D eigenvalue weighted by atomic mass is 32.2. The van der Waals surface area contributed by atoms with Crippen LogP contribution in [0.5, 0.6) is 5.75 Å². The van der Waals surface area contributed by atoms with E-state index in [-0.39, 0.29) is 0 Å². The van der Waals surface area contributed by atoms with Gasteiger partial charge in [-0.15, -0.1) is 11.8 Å². The normalized spacial score (nSPS) is 10.0. The Kier molecular flexibility index (Phi) is 4.72. The lowest BCUT2D eigenvalue weighted by molar-refractivity contribution is 0.145. The predicted molar refractivity (Wildman–Crippen MR) is 55.6 cm³/mol. The summed E-state index contributed by atoms with van der Waals surface area (Å²) >= 11 is 1.69. The van der Waals surface area contributed by atoms with Crippen molar-refractivity contribution >= 4 is 11.8 Å². The average molecular weight is 198 g/mol. The van der Waals surface area contributed by atoms with E-state index in [9.17, 15) is 0 Å². The fourth-order valence-corrected chi connectivity index (χ4v) is 1.52. The van der Waals surface area contributed by atoms with Gasteiger partial charge >= 0.3 is 0 Å². The smallest absolute Gasteiger partial charge is 0.132 e. The molecule has 1 aromatic rings. The molecule has 1 rings (SSSR count). The molecule has 0 aromatic heterocycles. The highest BCUT2D eigenvalue weighted by Gasteiger charge is 1.99. The van der Waals surface area contributed by atoms with Gasteiger partial charge in [-0.1, -0.05) is 12.1 Å². The highest BCUT2D eigenvalue weighted by Crippen LogP contribution is 2.26. The van der Waals surface area contributed by atoms with E-state index < -0.39 is 0 Å². The minimum atomic E-state index is 0.605. The van der Waals surface area contributed by atoms with Gasteiger partial charge in [0.1, 0.15) is 12.4 Å². The van der Waals surface area contributed by atoms with Crippen molar-refractivity contribution in [1.82, 2.24) is 0 Å². The Morgan fingerprint density at radius 2 is 2.00 bits per heavy atom. The molecule has 3 heteroatoms. The molecule has 72 valence electrons. The van der Waals surface area contributed by atoms with Crippen molar-refractivity contribution in [3.8, 4) is 5.75 Å². The van der Waals surface area contributed by atoms with Crippen molar-refractivity contribution in [1.29, 1.82) is 0 Å². The molecule has 0 saturated heterocycles. The van der Waals surface area contributed by atoms with Crippen molar-refractivity contribution in [2.75, 3.05) is 26.6 Å². The van der Waals surface area contributed by atoms with Gasteiger partial charge in [-0.05, 0) is 18.4 Å². The Bertz CT molecular complexity index is 250. The van der Waals surface area contributed by atoms with Crippen LogP contribution in [0.4, 0.5) is 0 Å². The summed E-state index contributed by atoms with van der Waals surface area (Å²) in [5.41, 5.74) is 0. The van der Waals surface area contributed by atoms with Crippen LogP contribution in [0.15, 0.2) is 29.2 Å². The molecule has 0 unspecified atom stereocenters. The van der Waals surface area contributed by atoms with Gasteiger partial charge in [0.25, 0.3) is 0 Å². The molecule has 0 amide bonds. The molecule has 0 heterocycles. The number of hydrogen-bond donors (Lipinski definition) is 0. The maximum absolute atomic E-state index is 5.52. The summed E-state index contributed by atoms with van der Waals surface area (Å²) in [5, 5.41) is 0. The highest BCUT2D eigenvalue weighted by molar-refractivity contribution is 7.98. The van der Waals surface area contributed by atoms with E-state index in [4.69, 9.17) is 9.47 Å². The maximum Gasteiger partial charge on any atom is 0.132 e. The second kappa shape index (κ2) is 5.89. The number of thioether (sulfide) groups is 1. The standard InChI is InChI=1S/C10H14O2S/c1-11-7-8-12-9-5-3-4-6-10(9)13-2/h3-6H,7-8H2,1-2H3. The van der Waals surface area contributed by atoms with Gasteiger partial charge in [0.15, 0.2) is 0 Å². The quantitative estimate of drug-likeness (QED) is 0.535. The molecule has 2 nitrogen and oxygen atoms in total. The minimum absolute atomic E-state index is 0.605. The van der Waals surface area contributed by atoms with Crippen LogP contribution in [-0.2, 0) is 4.74 Å². The second-order valence-corrected chi connectivity index (χ2v) is 3.34. The third kappa shape index (κ3) is 3.28. The molecule has 0 N–H and O–H groups in total. The molecule has 0 fully saturated rings. The van der Waals surface area contributed by atoms with Gasteiger partial charge in [0, 0.05) is 12.0 Å². The Hall–Kier alpha value is -0.670. The van der Waals surface area contributed by atoms with Crippen LogP contribution in [0.25, 0.3) is 0 Å². The Morgan fingerprint density at radius 3 is 2.69 bits per heavy atom. The molecular formula is C10H14O2S. The number of methoxy groups -OCH3 is 1. The predicted octanol–water partition coefficient (Wildman–Crippen LogP) is 2.43. The molecule has 0 aliphatic rings. The van der Waals surface area contributed by atoms with Crippen molar-refractivity contribution in [2.45, 2.75) is 4.90 Å². The molecule has 0 atom stereocenters. The lowest BCUT2D eigenvalue weighted by atomic mass is 10.3. The molecule has 0 aliphatic heterocycles. The monoisotopic (exact) mass is 198 g/mol. The molecule has 1 aromatic carbocycles. The van der Waals surface area contributed by atoms with E-state index in [0.29, 0.717) is 13.2 Å². The van der Waals surface area contributed by atoms with Gasteiger partial charge in [-0.3, -0.25) is 0 Å². The summed E-state index contributed by atoms with van der Waals surface area (Å²) in [4.78, 5) is 1.17. The summed E-state index contributed by atoms with van der Waals surface area (Å²) < 4.78 is 10.4. The van der Waals surface area contributed by atoms with Gasteiger partial charge < -0.3 is 9.47 Å². The van der Waals surface area contributed by atoms with Gasteiger partial charge in [0.2, 0.25) is 0 Å². The number of para-hydroxylation sites is 1. The third-order valence-electron chi connectivity index (χ3n) is 1.61. The zero-order valence-corrected chi connectivity index (χ0v) is 8.76. The largest absolute Gasteiger partial charge is 0.490 e. The van der Waals surface area contributed by atoms with Crippen LogP contribution in [0.2, 0.25) is 0 Å². The van der Waals surface area contributed by atoms with Crippen molar-refractivity contribution in [3.05, 3.63) is 24.3 Å². The third-order valence-corrected chi connectivity index (χ3v) is 2.39. The topological polar surface area (TPSA) is 18.5 Å². The lowest BCUT2D eigenvalue weighted by Crippen LogP contribution is -2.04. The van der Waals surface area contributed by atoms with Crippen LogP contribution in [-0.4, -0.2) is 26.6 Å². The van der Waals surface area contributed by atoms with Gasteiger partial charge in [-0.25, -0.2) is 0 Å². The Balaban J connectivity index is 2.54. The number of benzene rings is 1. The van der Waals surface area contributed by atoms with E-state index in [1.54, 1.807) is 18.9 Å². The van der Waals surface area contributed by atoms with Crippen molar-refractivity contribution < 1.29 is 9.47 Å². The first-order valence-corrected chi connectivity index (χ1v) is 5.35. The van der Waals surface area contributed by atoms with Crippen LogP contribution in [0.1, 0.15) is 0 Å². The minimum Gasteiger partial charge on any atom is -0.490 e. The van der Waals surface area contributed by atoms with Crippen LogP contribution in [0.3, 0.4) is 0 Å². The van der Waals surface area contributed by atoms with E-state index in [1.807, 2.05) is 30.5 Å². The molecular weight excluding hydrogens is 184 g/mol. The number of hydrogen-bond acceptors (Lipinski definition) is 3. The van der Waals surface area contributed by atoms with Crippen LogP contribution >= 0.6 is 11.8 Å². The molecule has 0 bridgehead atoms. The first-order chi connectivity index (χ1) is 6.38. The molecule has 0 radical (unpaired) electrons. The fraction of sp³-hybridized carbons (Fsp3) is 0.400. The number of ether oxygens (including phenoxy) is 2. The second-order valence-electron chi connectivity index (χ2n) is 2.49. The van der Waals surface area contributed by atoms with Gasteiger partial charge in [-0.2, -0.15) is 0 Å². The number of rotatable bonds is 5. The first-order valence-electron chi connectivity index (χ1n) is 4.13. The molecule has 0 saturated carbocycles. The lowest BCUT2D eigenvalue weighted by Gasteiger charge is -2.08. The van der Waals surface area contributed by atoms with E-state index >= 15 is 0 Å². The summed E-state index contributed by atoms with van der Waals surface area (Å²) in [6, 6.07) is 8.01. The Morgan fingerprint density at radius 1 is 1.23 bits per heavy atom. The van der Waals surface area contributed by atoms with E-state index in [1.165, 1.54) is 4.90 Å². The average Bonchev–Trinajstić information content (AvgIpc) is 2.19. The molecule has 13 heavy (non-hydrogen) atoms. The first kappa shape index (κ1) is 10.4. The summed E-state index contributed by atoms with van der Waals surface area (Å²) in [5.74, 6) is 0.937. The summed E-state index contributed by atoms with van der Waals surface area (Å²) in [6.07, 6.45) is 2.04. The van der Waals surface area contributed by atoms with Crippen LogP contribution in [0, 0.1) is 0 Å². The van der Waals surface area contributed by atoms with Crippen molar-refractivity contribution in [3.63, 3.8) is 0 Å². The maximum atomic E-state index is 5.52. The summed E-state index contributed by atoms with van der Waals surface area (Å²) in [6.45, 7) is 1.23. The van der Waals surface area contributed by atoms with E-state index in [2.05, 4.69) is 0 Å². The van der Waals surface area contributed by atoms with Crippen molar-refractivity contribution in [2.24, 2.45) is 0 Å². The SMILES string of the molecule is COCCOc1ccccc1SC.